The van der Waals surface area contributed by atoms with Crippen LogP contribution in [0.5, 0.6) is 69.0 Å². The summed E-state index contributed by atoms with van der Waals surface area (Å²) in [5, 5.41) is 107. The van der Waals surface area contributed by atoms with Gasteiger partial charge in [0.1, 0.15) is 88.7 Å². The summed E-state index contributed by atoms with van der Waals surface area (Å²) in [6, 6.07) is 10.1. The summed E-state index contributed by atoms with van der Waals surface area (Å²) in [7, 11) is 0.974. The lowest BCUT2D eigenvalue weighted by Crippen LogP contribution is -2.55. The minimum atomic E-state index is -2.14. The summed E-state index contributed by atoms with van der Waals surface area (Å²) in [5.41, 5.74) is 4.64. The molecular formula is C60H51N7O19. The predicted octanol–water partition coefficient (Wildman–Crippen LogP) is 3.57. The van der Waals surface area contributed by atoms with Crippen LogP contribution in [0.4, 0.5) is 0 Å². The number of aromatic hydroxyl groups is 6. The van der Waals surface area contributed by atoms with E-state index in [-0.39, 0.29) is 78.6 Å². The second-order valence-electron chi connectivity index (χ2n) is 20.5. The van der Waals surface area contributed by atoms with Gasteiger partial charge in [-0.05, 0) is 119 Å². The van der Waals surface area contributed by atoms with Crippen molar-refractivity contribution in [1.82, 2.24) is 31.9 Å². The molecule has 6 aliphatic rings. The molecule has 0 fully saturated rings. The SMILES string of the molecule is COC(=O)[C@H]1NC(=O)[C@H]2NC(=O)[C@H](NC(=O)[C@@H]3NC(=O)[C@H]4NC(=O)[C@H](NC(=O)[C@@H](N)c5ccc(O)c(c5)Oc5cc4cc(O)c5C)[C@H](O)c4ccc(cc4)Oc4cc3cc(c4O)Oc3ccc(cc3)[C@H]2O)c2ccc(O)c(c2)-c2c(O)cc(O)cc21. The van der Waals surface area contributed by atoms with E-state index >= 15 is 14.4 Å². The molecule has 7 aromatic rings. The molecule has 26 nitrogen and oxygen atoms in total. The third-order valence-corrected chi connectivity index (χ3v) is 15.1. The van der Waals surface area contributed by atoms with Gasteiger partial charge >= 0.3 is 5.97 Å². The highest BCUT2D eigenvalue weighted by Gasteiger charge is 2.42. The van der Waals surface area contributed by atoms with Gasteiger partial charge in [-0.2, -0.15) is 0 Å². The van der Waals surface area contributed by atoms with E-state index < -0.39 is 142 Å². The van der Waals surface area contributed by atoms with Crippen molar-refractivity contribution < 1.29 is 93.4 Å². The third kappa shape index (κ3) is 10.6. The highest BCUT2D eigenvalue weighted by atomic mass is 16.5. The van der Waals surface area contributed by atoms with E-state index in [2.05, 4.69) is 31.9 Å². The number of benzene rings is 7. The molecule has 6 aliphatic heterocycles. The molecule has 0 aromatic heterocycles. The van der Waals surface area contributed by atoms with Crippen LogP contribution in [0.1, 0.15) is 86.9 Å². The van der Waals surface area contributed by atoms with Crippen LogP contribution in [-0.2, 0) is 38.3 Å². The first-order valence-electron chi connectivity index (χ1n) is 26.2. The average Bonchev–Trinajstić information content (AvgIpc) is 2.08. The van der Waals surface area contributed by atoms with E-state index in [1.165, 1.54) is 79.7 Å². The Hall–Kier alpha value is -11.1. The number of fused-ring (bicyclic) bond motifs is 14. The molecule has 13 rings (SSSR count). The summed E-state index contributed by atoms with van der Waals surface area (Å²) in [5.74, 6) is -13.7. The lowest BCUT2D eigenvalue weighted by Gasteiger charge is -2.31. The van der Waals surface area contributed by atoms with Crippen LogP contribution in [0.15, 0.2) is 121 Å². The number of hydrogen-bond acceptors (Lipinski definition) is 20. The largest absolute Gasteiger partial charge is 0.508 e. The Bertz CT molecular complexity index is 3990. The summed E-state index contributed by atoms with van der Waals surface area (Å²) in [6.07, 6.45) is -3.93. The number of carbonyl (C=O) groups excluding carboxylic acids is 7. The van der Waals surface area contributed by atoms with Crippen LogP contribution in [0, 0.1) is 6.92 Å². The normalized spacial score (nSPS) is 22.7. The van der Waals surface area contributed by atoms with Crippen molar-refractivity contribution in [2.75, 3.05) is 7.11 Å². The van der Waals surface area contributed by atoms with Gasteiger partial charge in [0.15, 0.2) is 29.0 Å². The van der Waals surface area contributed by atoms with Gasteiger partial charge < -0.3 is 97.4 Å². The Balaban J connectivity index is 1.14. The molecule has 9 atom stereocenters. The number of phenolic OH excluding ortho intramolecular Hbond substituents is 6. The zero-order valence-electron chi connectivity index (χ0n) is 44.9. The quantitative estimate of drug-likeness (QED) is 0.104. The Kier molecular flexibility index (Phi) is 14.7. The Morgan fingerprint density at radius 3 is 1.53 bits per heavy atom. The number of phenols is 6. The molecule has 26 heteroatoms. The number of methoxy groups -OCH3 is 1. The first kappa shape index (κ1) is 56.8. The van der Waals surface area contributed by atoms with Gasteiger partial charge in [0.05, 0.1) is 7.11 Å². The number of aliphatic hydroxyl groups excluding tert-OH is 2. The van der Waals surface area contributed by atoms with E-state index in [4.69, 9.17) is 24.7 Å². The summed E-state index contributed by atoms with van der Waals surface area (Å²) < 4.78 is 23.5. The number of nitrogens with one attached hydrogen (secondary N) is 6. The minimum absolute atomic E-state index is 0.00535. The number of esters is 1. The van der Waals surface area contributed by atoms with Crippen LogP contribution in [-0.4, -0.2) is 101 Å². The molecule has 16 N–H and O–H groups in total. The van der Waals surface area contributed by atoms with Gasteiger partial charge in [0.25, 0.3) is 0 Å². The van der Waals surface area contributed by atoms with Crippen LogP contribution in [0.2, 0.25) is 0 Å². The maximum absolute atomic E-state index is 15.7. The average molecular weight is 1170 g/mol. The summed E-state index contributed by atoms with van der Waals surface area (Å²) in [4.78, 5) is 104. The molecular weight excluding hydrogens is 1120 g/mol. The smallest absolute Gasteiger partial charge is 0.333 e. The molecule has 0 saturated carbocycles. The van der Waals surface area contributed by atoms with Gasteiger partial charge in [-0.25, -0.2) is 4.79 Å². The Morgan fingerprint density at radius 2 is 0.942 bits per heavy atom. The number of ether oxygens (including phenoxy) is 4. The zero-order valence-corrected chi connectivity index (χ0v) is 44.9. The summed E-state index contributed by atoms with van der Waals surface area (Å²) in [6.45, 7) is 1.42. The number of rotatable bonds is 1. The Morgan fingerprint density at radius 1 is 0.465 bits per heavy atom. The lowest BCUT2D eigenvalue weighted by molar-refractivity contribution is -0.146. The predicted molar refractivity (Wildman–Crippen MR) is 295 cm³/mol. The molecule has 0 saturated heterocycles. The van der Waals surface area contributed by atoms with Crippen molar-refractivity contribution in [3.8, 4) is 80.1 Å². The molecule has 0 aliphatic carbocycles. The second kappa shape index (κ2) is 22.2. The molecule has 440 valence electrons. The molecule has 6 heterocycles. The highest BCUT2D eigenvalue weighted by molar-refractivity contribution is 6.00. The molecule has 0 spiro atoms. The minimum Gasteiger partial charge on any atom is -0.508 e. The van der Waals surface area contributed by atoms with Crippen molar-refractivity contribution in [2.24, 2.45) is 5.73 Å². The monoisotopic (exact) mass is 1170 g/mol. The molecule has 6 amide bonds. The first-order chi connectivity index (χ1) is 41.0. The fourth-order valence-corrected chi connectivity index (χ4v) is 10.4. The topological polar surface area (TPSA) is 416 Å². The third-order valence-electron chi connectivity index (χ3n) is 15.1. The van der Waals surface area contributed by atoms with Crippen molar-refractivity contribution >= 4 is 41.4 Å². The van der Waals surface area contributed by atoms with E-state index in [0.717, 1.165) is 55.6 Å². The number of carbonyl (C=O) groups is 7. The van der Waals surface area contributed by atoms with E-state index in [0.29, 0.717) is 0 Å². The molecule has 0 radical (unpaired) electrons. The number of nitrogens with two attached hydrogens (primary N) is 1. The fraction of sp³-hybridized carbons (Fsp3) is 0.183. The van der Waals surface area contributed by atoms with Crippen molar-refractivity contribution in [3.63, 3.8) is 0 Å². The number of amides is 6. The summed E-state index contributed by atoms with van der Waals surface area (Å²) >= 11 is 0. The van der Waals surface area contributed by atoms with Gasteiger partial charge in [-0.15, -0.1) is 0 Å². The van der Waals surface area contributed by atoms with Crippen LogP contribution >= 0.6 is 0 Å². The molecule has 17 bridgehead atoms. The number of hydrogen-bond donors (Lipinski definition) is 15. The zero-order chi connectivity index (χ0) is 61.2. The van der Waals surface area contributed by atoms with Crippen molar-refractivity contribution in [2.45, 2.75) is 61.4 Å². The second-order valence-corrected chi connectivity index (χ2v) is 20.5. The van der Waals surface area contributed by atoms with Crippen molar-refractivity contribution in [1.29, 1.82) is 0 Å². The molecule has 7 aromatic carbocycles. The maximum Gasteiger partial charge on any atom is 0.333 e. The standard InChI is InChI=1S/C60H51N7O19/c1-23-37(71)16-28-18-39(23)86-40-17-26(7-14-36(40)70)44(61)54(76)66-49-51(73)24-3-9-31(10-4-24)84-41-19-29-20-42(53(41)75)85-32-11-5-25(6-12-32)52(74)50-59(81)65-48(60(82)83-2)34-21-30(68)22-38(72)43(34)33-15-27(8-13-35(33)69)45(55(77)67-50)62-57(79)47(29)63-56(78)46(28)64-58(49)80/h3-22,44-52,68-75H,61H2,1-2H3,(H,62,79)(H,63,78)(H,64,80)(H,65,81)(H,66,76)(H,67,77)/t44-,45+,46-,47+,48-,49+,50-,51+,52+/m0/s1. The van der Waals surface area contributed by atoms with Gasteiger partial charge in [0.2, 0.25) is 41.2 Å². The van der Waals surface area contributed by atoms with Gasteiger partial charge in [-0.3, -0.25) is 28.8 Å². The van der Waals surface area contributed by atoms with Crippen molar-refractivity contribution in [3.05, 3.63) is 166 Å². The number of aliphatic hydroxyl groups is 2. The maximum atomic E-state index is 15.7. The van der Waals surface area contributed by atoms with E-state index in [9.17, 15) is 60.0 Å². The molecule has 86 heavy (non-hydrogen) atoms. The van der Waals surface area contributed by atoms with Crippen LogP contribution in [0.25, 0.3) is 11.1 Å². The fourth-order valence-electron chi connectivity index (χ4n) is 10.4. The first-order valence-corrected chi connectivity index (χ1v) is 26.2. The highest BCUT2D eigenvalue weighted by Crippen LogP contribution is 2.47. The van der Waals surface area contributed by atoms with Gasteiger partial charge in [-0.1, -0.05) is 36.4 Å². The Labute approximate surface area is 485 Å². The van der Waals surface area contributed by atoms with E-state index in [1.807, 2.05) is 0 Å². The van der Waals surface area contributed by atoms with Crippen LogP contribution < -0.4 is 51.8 Å². The lowest BCUT2D eigenvalue weighted by atomic mass is 9.89. The van der Waals surface area contributed by atoms with E-state index in [1.54, 1.807) is 0 Å². The van der Waals surface area contributed by atoms with Gasteiger partial charge in [0, 0.05) is 28.3 Å². The molecule has 0 unspecified atom stereocenters. The van der Waals surface area contributed by atoms with Crippen LogP contribution in [0.3, 0.4) is 0 Å².